The molecule has 9 nitrogen and oxygen atoms in total. The maximum absolute atomic E-state index is 13.3. The number of benzene rings is 1. The van der Waals surface area contributed by atoms with Crippen molar-refractivity contribution in [2.24, 2.45) is 0 Å². The lowest BCUT2D eigenvalue weighted by atomic mass is 9.95. The predicted octanol–water partition coefficient (Wildman–Crippen LogP) is 4.42. The molecule has 5 rings (SSSR count). The molecule has 192 valence electrons. The summed E-state index contributed by atoms with van der Waals surface area (Å²) in [6.45, 7) is 3.69. The zero-order valence-electron chi connectivity index (χ0n) is 20.0. The molecule has 0 saturated carbocycles. The van der Waals surface area contributed by atoms with Crippen LogP contribution in [-0.4, -0.2) is 83.1 Å². The van der Waals surface area contributed by atoms with E-state index in [2.05, 4.69) is 14.8 Å². The lowest BCUT2D eigenvalue weighted by Gasteiger charge is -2.40. The van der Waals surface area contributed by atoms with E-state index >= 15 is 0 Å². The molecule has 0 aliphatic carbocycles. The van der Waals surface area contributed by atoms with Gasteiger partial charge in [0.25, 0.3) is 0 Å². The van der Waals surface area contributed by atoms with Gasteiger partial charge in [-0.25, -0.2) is 9.59 Å². The van der Waals surface area contributed by atoms with Crippen molar-refractivity contribution in [1.29, 1.82) is 0 Å². The molecule has 1 amide bonds. The number of carboxylic acid groups (broad SMARTS) is 1. The number of aromatic nitrogens is 1. The second-order valence-electron chi connectivity index (χ2n) is 9.63. The minimum atomic E-state index is -1.23. The van der Waals surface area contributed by atoms with E-state index in [0.29, 0.717) is 37.5 Å². The van der Waals surface area contributed by atoms with Gasteiger partial charge in [-0.1, -0.05) is 23.7 Å². The van der Waals surface area contributed by atoms with E-state index in [-0.39, 0.29) is 30.4 Å². The van der Waals surface area contributed by atoms with Crippen molar-refractivity contribution >= 4 is 29.5 Å². The number of hydrogen-bond donors (Lipinski definition) is 1. The number of carbonyl (C=O) groups excluding carboxylic acids is 1. The van der Waals surface area contributed by atoms with Crippen LogP contribution in [-0.2, 0) is 9.47 Å². The Morgan fingerprint density at radius 2 is 1.69 bits per heavy atom. The Balaban J connectivity index is 1.29. The van der Waals surface area contributed by atoms with Crippen molar-refractivity contribution < 1.29 is 24.2 Å². The molecule has 1 N–H and O–H groups in total. The van der Waals surface area contributed by atoms with Gasteiger partial charge >= 0.3 is 12.2 Å². The number of pyridine rings is 1. The number of halogens is 1. The molecule has 3 fully saturated rings. The van der Waals surface area contributed by atoms with Gasteiger partial charge in [0.15, 0.2) is 0 Å². The fourth-order valence-corrected chi connectivity index (χ4v) is 5.79. The Labute approximate surface area is 215 Å². The van der Waals surface area contributed by atoms with Crippen molar-refractivity contribution in [3.05, 3.63) is 59.4 Å². The van der Waals surface area contributed by atoms with E-state index in [1.807, 2.05) is 41.3 Å². The maximum atomic E-state index is 13.3. The number of carbonyl (C=O) groups is 2. The van der Waals surface area contributed by atoms with Crippen molar-refractivity contribution in [2.75, 3.05) is 37.6 Å². The SMILES string of the molecule is O=C(O)OC1CCN(CC2OC(=O)N(C3CCN(c4ccncc4)CC3)C2c2ccc(Cl)cc2)CC1. The molecule has 2 atom stereocenters. The quantitative estimate of drug-likeness (QED) is 0.566. The lowest BCUT2D eigenvalue weighted by molar-refractivity contribution is 0.0101. The molecule has 3 aliphatic rings. The second kappa shape index (κ2) is 10.9. The van der Waals surface area contributed by atoms with Gasteiger partial charge in [0, 0.05) is 61.9 Å². The summed E-state index contributed by atoms with van der Waals surface area (Å²) < 4.78 is 10.9. The van der Waals surface area contributed by atoms with Gasteiger partial charge in [-0.2, -0.15) is 0 Å². The summed E-state index contributed by atoms with van der Waals surface area (Å²) in [5, 5.41) is 9.54. The number of rotatable bonds is 6. The van der Waals surface area contributed by atoms with Crippen molar-refractivity contribution in [3.8, 4) is 0 Å². The first-order valence-electron chi connectivity index (χ1n) is 12.5. The fraction of sp³-hybridized carbons (Fsp3) is 0.500. The molecule has 0 spiro atoms. The number of cyclic esters (lactones) is 1. The molecule has 36 heavy (non-hydrogen) atoms. The number of nitrogens with zero attached hydrogens (tertiary/aromatic N) is 4. The highest BCUT2D eigenvalue weighted by Crippen LogP contribution is 2.39. The number of anilines is 1. The molecule has 4 heterocycles. The summed E-state index contributed by atoms with van der Waals surface area (Å²) >= 11 is 6.16. The van der Waals surface area contributed by atoms with Gasteiger partial charge in [-0.05, 0) is 55.5 Å². The third-order valence-corrected chi connectivity index (χ3v) is 7.70. The molecular weight excluding hydrogens is 484 g/mol. The summed E-state index contributed by atoms with van der Waals surface area (Å²) in [5.41, 5.74) is 2.16. The van der Waals surface area contributed by atoms with Gasteiger partial charge in [-0.15, -0.1) is 0 Å². The minimum absolute atomic E-state index is 0.0796. The van der Waals surface area contributed by atoms with Gasteiger partial charge in [0.1, 0.15) is 12.2 Å². The van der Waals surface area contributed by atoms with Crippen LogP contribution in [0.3, 0.4) is 0 Å². The Bertz CT molecular complexity index is 1040. The molecule has 1 aromatic heterocycles. The van der Waals surface area contributed by atoms with Crippen LogP contribution in [0.15, 0.2) is 48.8 Å². The highest BCUT2D eigenvalue weighted by atomic mass is 35.5. The standard InChI is InChI=1S/C26H31ClN4O5/c27-19-3-1-18(2-4-19)24-23(17-29-13-9-22(10-14-29)35-26(33)34)36-25(32)31(24)21-7-15-30(16-8-21)20-5-11-28-12-6-20/h1-6,11-12,21-24H,7-10,13-17H2,(H,33,34). The second-order valence-corrected chi connectivity index (χ2v) is 10.1. The van der Waals surface area contributed by atoms with Crippen LogP contribution in [0.1, 0.15) is 37.3 Å². The summed E-state index contributed by atoms with van der Waals surface area (Å²) in [6.07, 6.45) is 4.48. The Morgan fingerprint density at radius 1 is 1.03 bits per heavy atom. The third kappa shape index (κ3) is 5.52. The maximum Gasteiger partial charge on any atom is 0.506 e. The van der Waals surface area contributed by atoms with Crippen molar-refractivity contribution in [1.82, 2.24) is 14.8 Å². The van der Waals surface area contributed by atoms with Crippen LogP contribution in [0, 0.1) is 0 Å². The Kier molecular flexibility index (Phi) is 7.48. The molecule has 2 unspecified atom stereocenters. The molecule has 0 bridgehead atoms. The number of amides is 1. The van der Waals surface area contributed by atoms with E-state index in [4.69, 9.17) is 26.2 Å². The molecule has 0 radical (unpaired) electrons. The summed E-state index contributed by atoms with van der Waals surface area (Å²) in [6, 6.07) is 11.6. The highest BCUT2D eigenvalue weighted by Gasteiger charge is 2.47. The topological polar surface area (TPSA) is 95.4 Å². The first-order chi connectivity index (χ1) is 17.5. The number of ether oxygens (including phenoxy) is 2. The summed E-state index contributed by atoms with van der Waals surface area (Å²) in [5.74, 6) is 0. The van der Waals surface area contributed by atoms with E-state index in [0.717, 1.165) is 37.2 Å². The fourth-order valence-electron chi connectivity index (χ4n) is 5.66. The Morgan fingerprint density at radius 3 is 2.33 bits per heavy atom. The van der Waals surface area contributed by atoms with Gasteiger partial charge in [0.2, 0.25) is 0 Å². The van der Waals surface area contributed by atoms with E-state index < -0.39 is 6.16 Å². The van der Waals surface area contributed by atoms with Crippen molar-refractivity contribution in [2.45, 2.75) is 50.0 Å². The number of piperidine rings is 2. The Hall–Kier alpha value is -3.04. The largest absolute Gasteiger partial charge is 0.506 e. The average Bonchev–Trinajstić information content (AvgIpc) is 3.21. The van der Waals surface area contributed by atoms with Crippen LogP contribution in [0.4, 0.5) is 15.3 Å². The van der Waals surface area contributed by atoms with Crippen LogP contribution >= 0.6 is 11.6 Å². The zero-order chi connectivity index (χ0) is 25.1. The smallest absolute Gasteiger partial charge is 0.450 e. The average molecular weight is 515 g/mol. The monoisotopic (exact) mass is 514 g/mol. The summed E-state index contributed by atoms with van der Waals surface area (Å²) in [4.78, 5) is 34.7. The highest BCUT2D eigenvalue weighted by molar-refractivity contribution is 6.30. The van der Waals surface area contributed by atoms with Crippen LogP contribution in [0.2, 0.25) is 5.02 Å². The van der Waals surface area contributed by atoms with E-state index in [1.54, 1.807) is 12.4 Å². The summed E-state index contributed by atoms with van der Waals surface area (Å²) in [7, 11) is 0. The number of likely N-dealkylation sites (tertiary alicyclic amines) is 1. The van der Waals surface area contributed by atoms with Crippen LogP contribution in [0.5, 0.6) is 0 Å². The molecular formula is C26H31ClN4O5. The van der Waals surface area contributed by atoms with E-state index in [1.165, 1.54) is 0 Å². The zero-order valence-corrected chi connectivity index (χ0v) is 20.8. The molecule has 2 aromatic rings. The third-order valence-electron chi connectivity index (χ3n) is 7.45. The molecule has 1 aromatic carbocycles. The van der Waals surface area contributed by atoms with E-state index in [9.17, 15) is 9.59 Å². The number of hydrogen-bond acceptors (Lipinski definition) is 7. The first-order valence-corrected chi connectivity index (χ1v) is 12.9. The lowest BCUT2D eigenvalue weighted by Crippen LogP contribution is -2.47. The van der Waals surface area contributed by atoms with Gasteiger partial charge in [0.05, 0.1) is 6.04 Å². The molecule has 3 saturated heterocycles. The van der Waals surface area contributed by atoms with Crippen molar-refractivity contribution in [3.63, 3.8) is 0 Å². The van der Waals surface area contributed by atoms with Gasteiger partial charge < -0.3 is 19.5 Å². The molecule has 10 heteroatoms. The molecule has 3 aliphatic heterocycles. The first kappa shape index (κ1) is 24.6. The minimum Gasteiger partial charge on any atom is -0.450 e. The predicted molar refractivity (Wildman–Crippen MR) is 134 cm³/mol. The van der Waals surface area contributed by atoms with Gasteiger partial charge in [-0.3, -0.25) is 14.8 Å². The normalized spacial score (nSPS) is 24.1. The van der Waals surface area contributed by atoms with Crippen LogP contribution in [0.25, 0.3) is 0 Å². The van der Waals surface area contributed by atoms with Crippen LogP contribution < -0.4 is 4.90 Å².